The van der Waals surface area contributed by atoms with Gasteiger partial charge in [0.1, 0.15) is 11.9 Å². The van der Waals surface area contributed by atoms with Crippen LogP contribution in [0.1, 0.15) is 100 Å². The standard InChI is InChI=1S/C32H41F3O/c1-3-4-21-5-10-23(11-6-21)24-12-7-22(8-13-24)9-14-25-18-29(33)28(17-20(25)2)26-15-16-27(30-19-36-30)32(35)31(26)34/h15-18,21-24,30H,3-14,19H2,1-2H3. The molecular formula is C32H41F3O. The van der Waals surface area contributed by atoms with E-state index in [0.29, 0.717) is 12.5 Å². The van der Waals surface area contributed by atoms with E-state index in [4.69, 9.17) is 4.74 Å². The smallest absolute Gasteiger partial charge is 0.167 e. The van der Waals surface area contributed by atoms with Crippen molar-refractivity contribution in [2.24, 2.45) is 23.7 Å². The molecule has 5 rings (SSSR count). The van der Waals surface area contributed by atoms with Gasteiger partial charge < -0.3 is 4.74 Å². The topological polar surface area (TPSA) is 12.5 Å². The average molecular weight is 499 g/mol. The molecule has 1 atom stereocenters. The molecule has 0 radical (unpaired) electrons. The summed E-state index contributed by atoms with van der Waals surface area (Å²) in [5.41, 5.74) is 2.25. The highest BCUT2D eigenvalue weighted by molar-refractivity contribution is 5.67. The molecule has 1 saturated heterocycles. The van der Waals surface area contributed by atoms with Gasteiger partial charge in [-0.2, -0.15) is 0 Å². The molecule has 0 amide bonds. The van der Waals surface area contributed by atoms with Crippen LogP contribution in [-0.2, 0) is 11.2 Å². The van der Waals surface area contributed by atoms with Crippen LogP contribution < -0.4 is 0 Å². The monoisotopic (exact) mass is 498 g/mol. The predicted octanol–water partition coefficient (Wildman–Crippen LogP) is 9.50. The molecule has 1 aliphatic heterocycles. The summed E-state index contributed by atoms with van der Waals surface area (Å²) in [4.78, 5) is 0. The quantitative estimate of drug-likeness (QED) is 0.330. The van der Waals surface area contributed by atoms with Gasteiger partial charge in [-0.05, 0) is 92.4 Å². The maximum Gasteiger partial charge on any atom is 0.167 e. The summed E-state index contributed by atoms with van der Waals surface area (Å²) in [7, 11) is 0. The zero-order valence-electron chi connectivity index (χ0n) is 21.9. The third-order valence-corrected chi connectivity index (χ3v) is 9.48. The van der Waals surface area contributed by atoms with Gasteiger partial charge in [0.25, 0.3) is 0 Å². The molecule has 2 aromatic rings. The van der Waals surface area contributed by atoms with Crippen molar-refractivity contribution < 1.29 is 17.9 Å². The number of hydrogen-bond donors (Lipinski definition) is 0. The maximum atomic E-state index is 15.1. The molecule has 3 aliphatic rings. The first-order valence-electron chi connectivity index (χ1n) is 14.3. The minimum absolute atomic E-state index is 0.0221. The summed E-state index contributed by atoms with van der Waals surface area (Å²) in [5.74, 6) is 1.14. The Kier molecular flexibility index (Phi) is 8.10. The van der Waals surface area contributed by atoms with Crippen LogP contribution >= 0.6 is 0 Å². The first-order valence-corrected chi connectivity index (χ1v) is 14.3. The van der Waals surface area contributed by atoms with Crippen molar-refractivity contribution in [3.05, 3.63) is 58.4 Å². The van der Waals surface area contributed by atoms with Gasteiger partial charge >= 0.3 is 0 Å². The Balaban J connectivity index is 1.16. The van der Waals surface area contributed by atoms with Crippen molar-refractivity contribution in [2.45, 2.75) is 97.0 Å². The molecule has 2 aromatic carbocycles. The second-order valence-corrected chi connectivity index (χ2v) is 11.8. The van der Waals surface area contributed by atoms with Crippen LogP contribution in [0.25, 0.3) is 11.1 Å². The van der Waals surface area contributed by atoms with Gasteiger partial charge in [0, 0.05) is 16.7 Å². The summed E-state index contributed by atoms with van der Waals surface area (Å²) < 4.78 is 49.4. The van der Waals surface area contributed by atoms with Crippen molar-refractivity contribution in [1.82, 2.24) is 0 Å². The summed E-state index contributed by atoms with van der Waals surface area (Å²) >= 11 is 0. The van der Waals surface area contributed by atoms with E-state index in [1.165, 1.54) is 76.3 Å². The first-order chi connectivity index (χ1) is 17.4. The fourth-order valence-corrected chi connectivity index (χ4v) is 7.11. The molecular weight excluding hydrogens is 457 g/mol. The highest BCUT2D eigenvalue weighted by atomic mass is 19.2. The predicted molar refractivity (Wildman–Crippen MR) is 139 cm³/mol. The van der Waals surface area contributed by atoms with Gasteiger partial charge in [0.05, 0.1) is 6.61 Å². The number of aryl methyl sites for hydroxylation is 2. The van der Waals surface area contributed by atoms with E-state index in [1.807, 2.05) is 6.92 Å². The molecule has 0 N–H and O–H groups in total. The lowest BCUT2D eigenvalue weighted by molar-refractivity contribution is 0.141. The maximum absolute atomic E-state index is 15.1. The SMILES string of the molecule is CCCC1CCC(C2CCC(CCc3cc(F)c(-c4ccc(C5CO5)c(F)c4F)cc3C)CC2)CC1. The Bertz CT molecular complexity index is 1040. The van der Waals surface area contributed by atoms with Crippen molar-refractivity contribution in [2.75, 3.05) is 6.61 Å². The van der Waals surface area contributed by atoms with Gasteiger partial charge in [0.2, 0.25) is 0 Å². The second kappa shape index (κ2) is 11.3. The van der Waals surface area contributed by atoms with Crippen LogP contribution in [0.5, 0.6) is 0 Å². The average Bonchev–Trinajstić information content (AvgIpc) is 3.73. The Morgan fingerprint density at radius 2 is 1.39 bits per heavy atom. The lowest BCUT2D eigenvalue weighted by atomic mass is 9.68. The Morgan fingerprint density at radius 3 is 1.97 bits per heavy atom. The number of halogens is 3. The lowest BCUT2D eigenvalue weighted by Gasteiger charge is -2.38. The molecule has 36 heavy (non-hydrogen) atoms. The van der Waals surface area contributed by atoms with E-state index in [9.17, 15) is 8.78 Å². The summed E-state index contributed by atoms with van der Waals surface area (Å²) in [6, 6.07) is 6.21. The minimum Gasteiger partial charge on any atom is -0.368 e. The summed E-state index contributed by atoms with van der Waals surface area (Å²) in [6.07, 6.45) is 15.3. The van der Waals surface area contributed by atoms with E-state index < -0.39 is 17.5 Å². The highest BCUT2D eigenvalue weighted by Crippen LogP contribution is 2.43. The molecule has 196 valence electrons. The van der Waals surface area contributed by atoms with Gasteiger partial charge in [-0.1, -0.05) is 57.6 Å². The van der Waals surface area contributed by atoms with Crippen molar-refractivity contribution in [1.29, 1.82) is 0 Å². The molecule has 1 nitrogen and oxygen atoms in total. The van der Waals surface area contributed by atoms with E-state index >= 15 is 4.39 Å². The molecule has 0 aromatic heterocycles. The van der Waals surface area contributed by atoms with Crippen molar-refractivity contribution in [3.8, 4) is 11.1 Å². The second-order valence-electron chi connectivity index (χ2n) is 11.8. The molecule has 1 heterocycles. The van der Waals surface area contributed by atoms with Crippen LogP contribution in [-0.4, -0.2) is 6.61 Å². The zero-order chi connectivity index (χ0) is 25.2. The molecule has 0 bridgehead atoms. The normalized spacial score (nSPS) is 28.3. The van der Waals surface area contributed by atoms with Crippen LogP contribution in [0, 0.1) is 48.0 Å². The van der Waals surface area contributed by atoms with E-state index in [2.05, 4.69) is 6.92 Å². The zero-order valence-corrected chi connectivity index (χ0v) is 21.9. The molecule has 0 spiro atoms. The number of rotatable bonds is 8. The minimum atomic E-state index is -0.996. The van der Waals surface area contributed by atoms with Gasteiger partial charge in [-0.25, -0.2) is 13.2 Å². The largest absolute Gasteiger partial charge is 0.368 e. The highest BCUT2D eigenvalue weighted by Gasteiger charge is 2.32. The summed E-state index contributed by atoms with van der Waals surface area (Å²) in [5, 5.41) is 0. The molecule has 1 unspecified atom stereocenters. The van der Waals surface area contributed by atoms with Crippen molar-refractivity contribution >= 4 is 0 Å². The van der Waals surface area contributed by atoms with E-state index in [1.54, 1.807) is 12.1 Å². The lowest BCUT2D eigenvalue weighted by Crippen LogP contribution is -2.26. The fraction of sp³-hybridized carbons (Fsp3) is 0.625. The number of benzene rings is 2. The van der Waals surface area contributed by atoms with E-state index in [0.717, 1.165) is 41.7 Å². The van der Waals surface area contributed by atoms with Gasteiger partial charge in [-0.15, -0.1) is 0 Å². The van der Waals surface area contributed by atoms with Crippen LogP contribution in [0.2, 0.25) is 0 Å². The Morgan fingerprint density at radius 1 is 0.778 bits per heavy atom. The van der Waals surface area contributed by atoms with Crippen LogP contribution in [0.4, 0.5) is 13.2 Å². The van der Waals surface area contributed by atoms with Crippen molar-refractivity contribution in [3.63, 3.8) is 0 Å². The number of hydrogen-bond acceptors (Lipinski definition) is 1. The summed E-state index contributed by atoms with van der Waals surface area (Å²) in [6.45, 7) is 4.66. The van der Waals surface area contributed by atoms with Crippen LogP contribution in [0.15, 0.2) is 24.3 Å². The first kappa shape index (κ1) is 25.8. The third-order valence-electron chi connectivity index (χ3n) is 9.48. The molecule has 2 aliphatic carbocycles. The molecule has 2 saturated carbocycles. The fourth-order valence-electron chi connectivity index (χ4n) is 7.11. The van der Waals surface area contributed by atoms with Crippen LogP contribution in [0.3, 0.4) is 0 Å². The Hall–Kier alpha value is -1.81. The van der Waals surface area contributed by atoms with Gasteiger partial charge in [-0.3, -0.25) is 0 Å². The third kappa shape index (κ3) is 5.69. The number of ether oxygens (including phenoxy) is 1. The number of epoxide rings is 1. The molecule has 3 fully saturated rings. The van der Waals surface area contributed by atoms with E-state index in [-0.39, 0.29) is 22.8 Å². The molecule has 4 heteroatoms. The Labute approximate surface area is 214 Å². The van der Waals surface area contributed by atoms with Gasteiger partial charge in [0.15, 0.2) is 11.6 Å².